The fraction of sp³-hybridized carbons (Fsp3) is 0.650. The van der Waals surface area contributed by atoms with Crippen LogP contribution >= 0.6 is 19.5 Å². The molecule has 3 heterocycles. The van der Waals surface area contributed by atoms with Crippen LogP contribution in [0.3, 0.4) is 0 Å². The summed E-state index contributed by atoms with van der Waals surface area (Å²) in [6.45, 7) is 2.28. The second-order valence-corrected chi connectivity index (χ2v) is 12.4. The summed E-state index contributed by atoms with van der Waals surface area (Å²) in [6, 6.07) is 0. The number of aromatic amines is 1. The van der Waals surface area contributed by atoms with E-state index in [0.29, 0.717) is 0 Å². The highest BCUT2D eigenvalue weighted by molar-refractivity contribution is 8.13. The van der Waals surface area contributed by atoms with Crippen molar-refractivity contribution in [3.8, 4) is 0 Å². The Hall–Kier alpha value is -2.41. The minimum atomic E-state index is -4.30. The summed E-state index contributed by atoms with van der Waals surface area (Å²) >= 11 is 0.828. The van der Waals surface area contributed by atoms with Gasteiger partial charge in [0.05, 0.1) is 31.6 Å². The van der Waals surface area contributed by atoms with Crippen LogP contribution in [0.15, 0.2) is 11.1 Å². The molecule has 1 saturated heterocycles. The van der Waals surface area contributed by atoms with Gasteiger partial charge in [-0.2, -0.15) is 4.98 Å². The molecule has 218 valence electrons. The number of ether oxygens (including phenoxy) is 1. The number of rotatable bonds is 13. The van der Waals surface area contributed by atoms with Gasteiger partial charge in [0.25, 0.3) is 5.56 Å². The molecular weight excluding hydrogens is 563 g/mol. The molecule has 19 heteroatoms. The van der Waals surface area contributed by atoms with Gasteiger partial charge in [-0.05, 0) is 20.8 Å². The van der Waals surface area contributed by atoms with Crippen LogP contribution in [0.2, 0.25) is 0 Å². The Balaban J connectivity index is 1.70. The summed E-state index contributed by atoms with van der Waals surface area (Å²) in [7, 11) is -4.30. The summed E-state index contributed by atoms with van der Waals surface area (Å²) in [4.78, 5) is 45.5. The van der Waals surface area contributed by atoms with E-state index in [9.17, 15) is 34.3 Å². The number of aliphatic carboxylic acids is 1. The molecule has 0 bridgehead atoms. The van der Waals surface area contributed by atoms with E-state index in [2.05, 4.69) is 20.0 Å². The highest BCUT2D eigenvalue weighted by Gasteiger charge is 2.54. The number of nitrogens with two attached hydrogens (primary N) is 1. The van der Waals surface area contributed by atoms with Crippen molar-refractivity contribution < 1.29 is 48.4 Å². The topological polar surface area (TPSA) is 261 Å². The summed E-state index contributed by atoms with van der Waals surface area (Å²) in [5, 5.41) is 41.9. The molecule has 0 amide bonds. The Bertz CT molecular complexity index is 1310. The molecule has 17 nitrogen and oxygen atoms in total. The number of carboxylic acids is 1. The second-order valence-electron chi connectivity index (χ2n) is 9.51. The van der Waals surface area contributed by atoms with Crippen LogP contribution in [0.4, 0.5) is 5.95 Å². The van der Waals surface area contributed by atoms with Crippen LogP contribution in [-0.2, 0) is 27.9 Å². The molecule has 3 unspecified atom stereocenters. The van der Waals surface area contributed by atoms with Crippen LogP contribution < -0.4 is 16.4 Å². The van der Waals surface area contributed by atoms with Crippen LogP contribution in [-0.4, -0.2) is 101 Å². The van der Waals surface area contributed by atoms with Crippen molar-refractivity contribution >= 4 is 47.7 Å². The molecular formula is C20H31N6O11PS. The van der Waals surface area contributed by atoms with Gasteiger partial charge in [-0.3, -0.25) is 33.0 Å². The maximum Gasteiger partial charge on any atom is 0.406 e. The van der Waals surface area contributed by atoms with E-state index in [1.165, 1.54) is 17.8 Å². The van der Waals surface area contributed by atoms with Gasteiger partial charge >= 0.3 is 13.7 Å². The van der Waals surface area contributed by atoms with Crippen molar-refractivity contribution in [1.82, 2.24) is 24.6 Å². The summed E-state index contributed by atoms with van der Waals surface area (Å²) in [6.07, 6.45) is -3.07. The zero-order valence-electron chi connectivity index (χ0n) is 21.3. The number of fused-ring (bicyclic) bond motifs is 1. The molecule has 0 saturated carbocycles. The molecule has 1 aliphatic rings. The van der Waals surface area contributed by atoms with E-state index in [0.717, 1.165) is 11.8 Å². The van der Waals surface area contributed by atoms with Gasteiger partial charge in [-0.15, -0.1) is 0 Å². The minimum Gasteiger partial charge on any atom is -0.480 e. The number of anilines is 1. The Morgan fingerprint density at radius 1 is 1.41 bits per heavy atom. The lowest BCUT2D eigenvalue weighted by Crippen LogP contribution is -2.44. The van der Waals surface area contributed by atoms with Crippen molar-refractivity contribution in [3.05, 3.63) is 16.7 Å². The van der Waals surface area contributed by atoms with Crippen LogP contribution in [0.25, 0.3) is 11.2 Å². The number of nitrogen functional groups attached to an aromatic ring is 1. The quantitative estimate of drug-likeness (QED) is 0.106. The Kier molecular flexibility index (Phi) is 9.57. The van der Waals surface area contributed by atoms with E-state index < -0.39 is 61.9 Å². The lowest BCUT2D eigenvalue weighted by Gasteiger charge is -2.27. The Morgan fingerprint density at radius 3 is 2.74 bits per heavy atom. The van der Waals surface area contributed by atoms with Crippen molar-refractivity contribution in [2.24, 2.45) is 5.41 Å². The third-order valence-electron chi connectivity index (χ3n) is 5.82. The molecule has 0 aromatic carbocycles. The van der Waals surface area contributed by atoms with Gasteiger partial charge < -0.3 is 30.9 Å². The average Bonchev–Trinajstić information content (AvgIpc) is 3.37. The summed E-state index contributed by atoms with van der Waals surface area (Å²) in [5.41, 5.74) is 1.89. The monoisotopic (exact) mass is 594 g/mol. The molecule has 5 atom stereocenters. The third kappa shape index (κ3) is 7.03. The SMILES string of the molecule is CC(C)(CO)C(=O)SCCOP(=O)(NCC(=O)O)OC[C@H]1O[C@@H](n2cnc3c(=O)[nH]c(N)nc32)C(C)(O)C1O. The fourth-order valence-electron chi connectivity index (χ4n) is 3.51. The first-order chi connectivity index (χ1) is 18.1. The number of H-pyrrole nitrogens is 1. The highest BCUT2D eigenvalue weighted by Crippen LogP contribution is 2.46. The van der Waals surface area contributed by atoms with Crippen molar-refractivity contribution in [2.75, 3.05) is 37.9 Å². The first-order valence-electron chi connectivity index (χ1n) is 11.5. The zero-order valence-corrected chi connectivity index (χ0v) is 23.0. The molecule has 1 fully saturated rings. The largest absolute Gasteiger partial charge is 0.480 e. The molecule has 39 heavy (non-hydrogen) atoms. The molecule has 2 aromatic heterocycles. The lowest BCUT2D eigenvalue weighted by molar-refractivity contribution is -0.135. The smallest absolute Gasteiger partial charge is 0.406 e. The first kappa shape index (κ1) is 31.1. The van der Waals surface area contributed by atoms with Gasteiger partial charge in [0.1, 0.15) is 24.4 Å². The fourth-order valence-corrected chi connectivity index (χ4v) is 5.70. The normalized spacial score (nSPS) is 25.1. The van der Waals surface area contributed by atoms with E-state index in [4.69, 9.17) is 24.6 Å². The van der Waals surface area contributed by atoms with Crippen LogP contribution in [0.5, 0.6) is 0 Å². The average molecular weight is 595 g/mol. The molecule has 1 aliphatic heterocycles. The number of imidazole rings is 1. The van der Waals surface area contributed by atoms with E-state index in [-0.39, 0.29) is 41.2 Å². The molecule has 0 aliphatic carbocycles. The van der Waals surface area contributed by atoms with Crippen molar-refractivity contribution in [2.45, 2.75) is 44.8 Å². The number of nitrogens with zero attached hydrogens (tertiary/aromatic N) is 3. The van der Waals surface area contributed by atoms with Crippen molar-refractivity contribution in [1.29, 1.82) is 0 Å². The minimum absolute atomic E-state index is 0.0205. The standard InChI is InChI=1S/C20H31N6O11PS/c1-19(2,8-27)17(32)39-5-4-35-38(34,23-6-11(28)29)36-7-10-13(30)20(3,33)16(37-10)26-9-22-12-14(26)24-18(21)25-15(12)31/h9-10,13,16,27,30,33H,4-8H2,1-3H3,(H,23,34)(H,28,29)(H3,21,24,25,31)/t10-,13?,16-,20?,38?/m1/s1. The lowest BCUT2D eigenvalue weighted by atomic mass is 9.96. The zero-order chi connectivity index (χ0) is 29.2. The summed E-state index contributed by atoms with van der Waals surface area (Å²) < 4.78 is 30.7. The van der Waals surface area contributed by atoms with Gasteiger partial charge in [0, 0.05) is 5.75 Å². The van der Waals surface area contributed by atoms with Gasteiger partial charge in [0.2, 0.25) is 5.95 Å². The highest BCUT2D eigenvalue weighted by atomic mass is 32.2. The number of hydrogen-bond donors (Lipinski definition) is 7. The van der Waals surface area contributed by atoms with Crippen LogP contribution in [0, 0.1) is 5.41 Å². The number of carbonyl (C=O) groups is 2. The number of aliphatic hydroxyl groups excluding tert-OH is 2. The van der Waals surface area contributed by atoms with E-state index in [1.807, 2.05) is 0 Å². The van der Waals surface area contributed by atoms with E-state index >= 15 is 0 Å². The number of carbonyl (C=O) groups excluding carboxylic acids is 1. The second kappa shape index (κ2) is 12.0. The summed E-state index contributed by atoms with van der Waals surface area (Å²) in [5.74, 6) is -1.55. The Morgan fingerprint density at radius 2 is 2.10 bits per heavy atom. The maximum absolute atomic E-state index is 13.2. The molecule has 3 rings (SSSR count). The van der Waals surface area contributed by atoms with Crippen LogP contribution in [0.1, 0.15) is 27.0 Å². The Labute approximate surface area is 225 Å². The first-order valence-corrected chi connectivity index (χ1v) is 14.1. The third-order valence-corrected chi connectivity index (χ3v) is 8.56. The molecule has 0 spiro atoms. The van der Waals surface area contributed by atoms with E-state index in [1.54, 1.807) is 13.8 Å². The number of thioether (sulfide) groups is 1. The number of nitrogens with one attached hydrogen (secondary N) is 2. The van der Waals surface area contributed by atoms with Gasteiger partial charge in [0.15, 0.2) is 22.5 Å². The van der Waals surface area contributed by atoms with Crippen molar-refractivity contribution in [3.63, 3.8) is 0 Å². The number of aromatic nitrogens is 4. The molecule has 0 radical (unpaired) electrons. The number of aliphatic hydroxyl groups is 3. The predicted molar refractivity (Wildman–Crippen MR) is 137 cm³/mol. The number of hydrogen-bond acceptors (Lipinski definition) is 14. The predicted octanol–water partition coefficient (Wildman–Crippen LogP) is -1.20. The van der Waals surface area contributed by atoms with Gasteiger partial charge in [-0.25, -0.2) is 14.6 Å². The molecule has 2 aromatic rings. The maximum atomic E-state index is 13.2. The molecule has 8 N–H and O–H groups in total. The number of carboxylic acid groups (broad SMARTS) is 1. The van der Waals surface area contributed by atoms with Gasteiger partial charge in [-0.1, -0.05) is 11.8 Å².